The normalized spacial score (nSPS) is 14.5. The molecule has 0 radical (unpaired) electrons. The molecule has 5 rings (SSSR count). The molecule has 1 aliphatic rings. The summed E-state index contributed by atoms with van der Waals surface area (Å²) in [6.07, 6.45) is 0. The van der Waals surface area contributed by atoms with Gasteiger partial charge >= 0.3 is 0 Å². The van der Waals surface area contributed by atoms with Gasteiger partial charge in [0.15, 0.2) is 17.3 Å². The fourth-order valence-electron chi connectivity index (χ4n) is 4.49. The Balaban J connectivity index is 1.48. The highest BCUT2D eigenvalue weighted by molar-refractivity contribution is 9.10. The zero-order valence-electron chi connectivity index (χ0n) is 21.9. The van der Waals surface area contributed by atoms with Crippen LogP contribution in [0.15, 0.2) is 86.0 Å². The first-order chi connectivity index (χ1) is 19.2. The van der Waals surface area contributed by atoms with E-state index >= 15 is 0 Å². The van der Waals surface area contributed by atoms with Crippen molar-refractivity contribution >= 4 is 67.0 Å². The third-order valence-corrected chi connectivity index (χ3v) is 8.76. The predicted octanol–water partition coefficient (Wildman–Crippen LogP) is 8.21. The van der Waals surface area contributed by atoms with Crippen molar-refractivity contribution in [1.29, 1.82) is 0 Å². The lowest BCUT2D eigenvalue weighted by Gasteiger charge is -2.28. The lowest BCUT2D eigenvalue weighted by Crippen LogP contribution is -2.28. The number of carbonyl (C=O) groups excluding carboxylic acids is 1. The molecule has 0 aliphatic carbocycles. The van der Waals surface area contributed by atoms with Crippen LogP contribution in [0.2, 0.25) is 5.02 Å². The third kappa shape index (κ3) is 6.10. The number of benzene rings is 3. The molecule has 0 bridgehead atoms. The van der Waals surface area contributed by atoms with Crippen molar-refractivity contribution in [3.05, 3.63) is 103 Å². The largest absolute Gasteiger partial charge is 0.493 e. The van der Waals surface area contributed by atoms with Crippen LogP contribution in [-0.2, 0) is 17.2 Å². The second kappa shape index (κ2) is 12.4. The van der Waals surface area contributed by atoms with Crippen molar-refractivity contribution in [2.75, 3.05) is 12.4 Å². The fourth-order valence-corrected chi connectivity index (χ4v) is 6.44. The van der Waals surface area contributed by atoms with Crippen LogP contribution in [0.4, 0.5) is 5.95 Å². The summed E-state index contributed by atoms with van der Waals surface area (Å²) in [7, 11) is 1.60. The van der Waals surface area contributed by atoms with Crippen molar-refractivity contribution in [2.45, 2.75) is 37.4 Å². The molecule has 1 aliphatic heterocycles. The number of ether oxygens (including phenoxy) is 2. The van der Waals surface area contributed by atoms with Gasteiger partial charge in [0.25, 0.3) is 0 Å². The standard InChI is InChI=1S/C29H25Br2ClN4O3S/c1-16-25(17(2)37)26(36-28(33-16)34-29(35-36)40-15-19-6-4-5-7-23(19)32)20-12-22(31)27(24(13-20)38-3)39-14-18-8-10-21(30)11-9-18/h4-13,26H,14-15H2,1-3H3,(H,33,34,35). The van der Waals surface area contributed by atoms with E-state index in [0.717, 1.165) is 26.9 Å². The maximum atomic E-state index is 12.9. The molecule has 4 aromatic rings. The van der Waals surface area contributed by atoms with E-state index < -0.39 is 6.04 Å². The summed E-state index contributed by atoms with van der Waals surface area (Å²) in [6.45, 7) is 3.80. The van der Waals surface area contributed by atoms with Gasteiger partial charge < -0.3 is 14.8 Å². The number of aromatic nitrogens is 3. The van der Waals surface area contributed by atoms with Crippen molar-refractivity contribution in [2.24, 2.45) is 0 Å². The molecule has 0 fully saturated rings. The van der Waals surface area contributed by atoms with E-state index in [1.165, 1.54) is 11.8 Å². The molecule has 0 spiro atoms. The second-order valence-electron chi connectivity index (χ2n) is 9.11. The maximum Gasteiger partial charge on any atom is 0.227 e. The summed E-state index contributed by atoms with van der Waals surface area (Å²) >= 11 is 15.0. The highest BCUT2D eigenvalue weighted by Crippen LogP contribution is 2.43. The topological polar surface area (TPSA) is 78.3 Å². The SMILES string of the molecule is COc1cc(C2C(C(C)=O)=C(C)Nc3nc(SCc4ccccc4Cl)nn32)cc(Br)c1OCc1ccc(Br)cc1. The molecule has 40 heavy (non-hydrogen) atoms. The van der Waals surface area contributed by atoms with Crippen LogP contribution in [0.25, 0.3) is 0 Å². The minimum absolute atomic E-state index is 0.0629. The third-order valence-electron chi connectivity index (χ3n) is 6.39. The number of hydrogen-bond acceptors (Lipinski definition) is 7. The van der Waals surface area contributed by atoms with Crippen molar-refractivity contribution < 1.29 is 14.3 Å². The number of thioether (sulfide) groups is 1. The van der Waals surface area contributed by atoms with Gasteiger partial charge in [0, 0.05) is 26.5 Å². The van der Waals surface area contributed by atoms with Gasteiger partial charge in [-0.15, -0.1) is 5.10 Å². The Hall–Kier alpha value is -2.79. The molecule has 0 saturated carbocycles. The Morgan fingerprint density at radius 3 is 2.60 bits per heavy atom. The lowest BCUT2D eigenvalue weighted by molar-refractivity contribution is -0.114. The molecule has 206 valence electrons. The Morgan fingerprint density at radius 2 is 1.90 bits per heavy atom. The zero-order chi connectivity index (χ0) is 28.4. The monoisotopic (exact) mass is 702 g/mol. The second-order valence-corrected chi connectivity index (χ2v) is 12.2. The molecule has 0 amide bonds. The molecular weight excluding hydrogens is 680 g/mol. The van der Waals surface area contributed by atoms with Crippen LogP contribution in [-0.4, -0.2) is 27.7 Å². The number of carbonyl (C=O) groups is 1. The van der Waals surface area contributed by atoms with E-state index in [-0.39, 0.29) is 5.78 Å². The molecule has 7 nitrogen and oxygen atoms in total. The summed E-state index contributed by atoms with van der Waals surface area (Å²) in [6, 6.07) is 18.9. The number of halogens is 3. The van der Waals surface area contributed by atoms with E-state index in [4.69, 9.17) is 31.2 Å². The van der Waals surface area contributed by atoms with Gasteiger partial charge in [-0.1, -0.05) is 69.6 Å². The molecular formula is C29H25Br2ClN4O3S. The number of ketones is 1. The van der Waals surface area contributed by atoms with Gasteiger partial charge in [-0.05, 0) is 76.8 Å². The number of fused-ring (bicyclic) bond motifs is 1. The molecule has 3 aromatic carbocycles. The smallest absolute Gasteiger partial charge is 0.227 e. The number of nitrogens with one attached hydrogen (secondary N) is 1. The summed E-state index contributed by atoms with van der Waals surface area (Å²) in [4.78, 5) is 17.6. The minimum atomic E-state index is -0.512. The van der Waals surface area contributed by atoms with E-state index in [9.17, 15) is 4.79 Å². The van der Waals surface area contributed by atoms with Crippen LogP contribution in [0.1, 0.15) is 36.6 Å². The number of allylic oxidation sites excluding steroid dienone is 2. The summed E-state index contributed by atoms with van der Waals surface area (Å²) in [5.74, 6) is 2.22. The average molecular weight is 705 g/mol. The van der Waals surface area contributed by atoms with Crippen molar-refractivity contribution in [3.8, 4) is 11.5 Å². The molecule has 1 unspecified atom stereocenters. The molecule has 1 N–H and O–H groups in total. The van der Waals surface area contributed by atoms with Gasteiger partial charge in [0.2, 0.25) is 11.1 Å². The van der Waals surface area contributed by atoms with Crippen LogP contribution in [0, 0.1) is 0 Å². The Bertz CT molecular complexity index is 1610. The fraction of sp³-hybridized carbons (Fsp3) is 0.207. The highest BCUT2D eigenvalue weighted by atomic mass is 79.9. The van der Waals surface area contributed by atoms with Gasteiger partial charge in [-0.25, -0.2) is 4.68 Å². The number of rotatable bonds is 9. The predicted molar refractivity (Wildman–Crippen MR) is 165 cm³/mol. The van der Waals surface area contributed by atoms with E-state index in [1.807, 2.05) is 67.6 Å². The number of Topliss-reactive ketones (excluding diaryl/α,β-unsaturated/α-hetero) is 1. The summed E-state index contributed by atoms with van der Waals surface area (Å²) in [5, 5.41) is 9.33. The van der Waals surface area contributed by atoms with Crippen LogP contribution in [0.5, 0.6) is 11.5 Å². The first-order valence-electron chi connectivity index (χ1n) is 12.3. The number of methoxy groups -OCH3 is 1. The Labute approximate surface area is 258 Å². The Morgan fingerprint density at radius 1 is 1.15 bits per heavy atom. The number of hydrogen-bond donors (Lipinski definition) is 1. The number of anilines is 1. The van der Waals surface area contributed by atoms with Gasteiger partial charge in [-0.2, -0.15) is 4.98 Å². The first kappa shape index (κ1) is 28.7. The van der Waals surface area contributed by atoms with Crippen molar-refractivity contribution in [1.82, 2.24) is 14.8 Å². The summed E-state index contributed by atoms with van der Waals surface area (Å²) in [5.41, 5.74) is 4.14. The summed E-state index contributed by atoms with van der Waals surface area (Å²) < 4.78 is 15.3. The van der Waals surface area contributed by atoms with E-state index in [2.05, 4.69) is 37.2 Å². The minimum Gasteiger partial charge on any atom is -0.493 e. The molecule has 1 atom stereocenters. The zero-order valence-corrected chi connectivity index (χ0v) is 26.6. The first-order valence-corrected chi connectivity index (χ1v) is 15.3. The van der Waals surface area contributed by atoms with E-state index in [1.54, 1.807) is 18.7 Å². The lowest BCUT2D eigenvalue weighted by atomic mass is 9.93. The van der Waals surface area contributed by atoms with E-state index in [0.29, 0.717) is 50.0 Å². The number of nitrogens with zero attached hydrogens (tertiary/aromatic N) is 3. The molecule has 1 aromatic heterocycles. The van der Waals surface area contributed by atoms with Crippen LogP contribution in [0.3, 0.4) is 0 Å². The van der Waals surface area contributed by atoms with Crippen LogP contribution >= 0.6 is 55.2 Å². The highest BCUT2D eigenvalue weighted by Gasteiger charge is 2.34. The van der Waals surface area contributed by atoms with Crippen molar-refractivity contribution in [3.63, 3.8) is 0 Å². The quantitative estimate of drug-likeness (QED) is 0.176. The maximum absolute atomic E-state index is 12.9. The average Bonchev–Trinajstić information content (AvgIpc) is 3.33. The molecule has 11 heteroatoms. The van der Waals surface area contributed by atoms with Crippen LogP contribution < -0.4 is 14.8 Å². The Kier molecular flexibility index (Phi) is 8.89. The van der Waals surface area contributed by atoms with Gasteiger partial charge in [-0.3, -0.25) is 4.79 Å². The van der Waals surface area contributed by atoms with Gasteiger partial charge in [0.05, 0.1) is 11.6 Å². The van der Waals surface area contributed by atoms with Gasteiger partial charge in [0.1, 0.15) is 12.6 Å². The molecule has 0 saturated heterocycles. The molecule has 2 heterocycles.